The zero-order chi connectivity index (χ0) is 13.5. The van der Waals surface area contributed by atoms with Gasteiger partial charge in [-0.3, -0.25) is 0 Å². The van der Waals surface area contributed by atoms with Crippen LogP contribution in [0, 0.1) is 0 Å². The third-order valence-electron chi connectivity index (χ3n) is 3.09. The SMILES string of the molecule is CN(C)CCCNC(c1ccccc1)c1ccco1. The summed E-state index contributed by atoms with van der Waals surface area (Å²) in [6.45, 7) is 2.06. The molecule has 19 heavy (non-hydrogen) atoms. The van der Waals surface area contributed by atoms with Gasteiger partial charge in [-0.25, -0.2) is 0 Å². The van der Waals surface area contributed by atoms with Crippen LogP contribution in [0.3, 0.4) is 0 Å². The Morgan fingerprint density at radius 3 is 2.53 bits per heavy atom. The molecule has 0 aliphatic carbocycles. The predicted molar refractivity (Wildman–Crippen MR) is 78.2 cm³/mol. The van der Waals surface area contributed by atoms with Gasteiger partial charge in [0.2, 0.25) is 0 Å². The Kier molecular flexibility index (Phi) is 5.19. The van der Waals surface area contributed by atoms with E-state index in [1.165, 1.54) is 5.56 Å². The summed E-state index contributed by atoms with van der Waals surface area (Å²) in [5.74, 6) is 0.969. The van der Waals surface area contributed by atoms with Crippen LogP contribution < -0.4 is 5.32 Å². The minimum absolute atomic E-state index is 0.137. The fourth-order valence-electron chi connectivity index (χ4n) is 2.13. The number of benzene rings is 1. The third kappa shape index (κ3) is 4.23. The van der Waals surface area contributed by atoms with Crippen LogP contribution in [0.2, 0.25) is 0 Å². The summed E-state index contributed by atoms with van der Waals surface area (Å²) >= 11 is 0. The van der Waals surface area contributed by atoms with Crippen molar-refractivity contribution in [1.82, 2.24) is 10.2 Å². The lowest BCUT2D eigenvalue weighted by molar-refractivity contribution is 0.382. The van der Waals surface area contributed by atoms with E-state index in [9.17, 15) is 0 Å². The minimum Gasteiger partial charge on any atom is -0.467 e. The van der Waals surface area contributed by atoms with Crippen LogP contribution in [-0.4, -0.2) is 32.1 Å². The predicted octanol–water partition coefficient (Wildman–Crippen LogP) is 2.91. The van der Waals surface area contributed by atoms with E-state index in [4.69, 9.17) is 4.42 Å². The molecule has 0 bridgehead atoms. The molecule has 0 radical (unpaired) electrons. The lowest BCUT2D eigenvalue weighted by atomic mass is 10.0. The maximum atomic E-state index is 5.56. The Hall–Kier alpha value is -1.58. The molecule has 3 heteroatoms. The van der Waals surface area contributed by atoms with Crippen molar-refractivity contribution in [2.24, 2.45) is 0 Å². The molecule has 1 unspecified atom stereocenters. The molecule has 0 spiro atoms. The number of hydrogen-bond acceptors (Lipinski definition) is 3. The van der Waals surface area contributed by atoms with Gasteiger partial charge < -0.3 is 14.6 Å². The second kappa shape index (κ2) is 7.12. The van der Waals surface area contributed by atoms with Gasteiger partial charge in [0.15, 0.2) is 0 Å². The molecule has 0 amide bonds. The Balaban J connectivity index is 2.00. The Morgan fingerprint density at radius 1 is 1.11 bits per heavy atom. The van der Waals surface area contributed by atoms with E-state index in [1.54, 1.807) is 6.26 Å². The average Bonchev–Trinajstić information content (AvgIpc) is 2.93. The molecule has 0 saturated carbocycles. The summed E-state index contributed by atoms with van der Waals surface area (Å²) in [7, 11) is 4.20. The molecule has 1 aromatic heterocycles. The van der Waals surface area contributed by atoms with Gasteiger partial charge in [-0.05, 0) is 51.3 Å². The van der Waals surface area contributed by atoms with Crippen molar-refractivity contribution < 1.29 is 4.42 Å². The molecule has 2 rings (SSSR count). The Morgan fingerprint density at radius 2 is 1.89 bits per heavy atom. The first-order valence-corrected chi connectivity index (χ1v) is 6.74. The van der Waals surface area contributed by atoms with E-state index in [1.807, 2.05) is 18.2 Å². The van der Waals surface area contributed by atoms with Gasteiger partial charge in [-0.15, -0.1) is 0 Å². The maximum Gasteiger partial charge on any atom is 0.125 e. The molecule has 1 aromatic carbocycles. The summed E-state index contributed by atoms with van der Waals surface area (Å²) < 4.78 is 5.56. The Bertz CT molecular complexity index is 451. The summed E-state index contributed by atoms with van der Waals surface area (Å²) in [6.07, 6.45) is 2.85. The zero-order valence-electron chi connectivity index (χ0n) is 11.7. The highest BCUT2D eigenvalue weighted by atomic mass is 16.3. The van der Waals surface area contributed by atoms with Crippen molar-refractivity contribution in [3.8, 4) is 0 Å². The van der Waals surface area contributed by atoms with E-state index in [0.717, 1.165) is 25.3 Å². The van der Waals surface area contributed by atoms with Crippen LogP contribution in [0.1, 0.15) is 23.8 Å². The molecule has 1 atom stereocenters. The smallest absolute Gasteiger partial charge is 0.125 e. The van der Waals surface area contributed by atoms with Gasteiger partial charge in [0.05, 0.1) is 12.3 Å². The second-order valence-electron chi connectivity index (χ2n) is 4.97. The van der Waals surface area contributed by atoms with Crippen LogP contribution in [0.4, 0.5) is 0 Å². The lowest BCUT2D eigenvalue weighted by Gasteiger charge is -2.18. The van der Waals surface area contributed by atoms with Gasteiger partial charge in [0.1, 0.15) is 5.76 Å². The van der Waals surface area contributed by atoms with Gasteiger partial charge in [-0.1, -0.05) is 30.3 Å². The normalized spacial score (nSPS) is 12.8. The molecule has 2 aromatic rings. The average molecular weight is 258 g/mol. The first-order valence-electron chi connectivity index (χ1n) is 6.74. The molecule has 0 saturated heterocycles. The van der Waals surface area contributed by atoms with Crippen molar-refractivity contribution in [2.75, 3.05) is 27.2 Å². The topological polar surface area (TPSA) is 28.4 Å². The summed E-state index contributed by atoms with van der Waals surface area (Å²) in [5, 5.41) is 3.57. The summed E-state index contributed by atoms with van der Waals surface area (Å²) in [4.78, 5) is 2.20. The molecular weight excluding hydrogens is 236 g/mol. The number of nitrogens with zero attached hydrogens (tertiary/aromatic N) is 1. The quantitative estimate of drug-likeness (QED) is 0.774. The van der Waals surface area contributed by atoms with Gasteiger partial charge >= 0.3 is 0 Å². The largest absolute Gasteiger partial charge is 0.467 e. The summed E-state index contributed by atoms with van der Waals surface area (Å²) in [5.41, 5.74) is 1.24. The number of nitrogens with one attached hydrogen (secondary N) is 1. The molecule has 1 heterocycles. The van der Waals surface area contributed by atoms with Crippen molar-refractivity contribution >= 4 is 0 Å². The van der Waals surface area contributed by atoms with E-state index < -0.39 is 0 Å². The molecule has 1 N–H and O–H groups in total. The fourth-order valence-corrected chi connectivity index (χ4v) is 2.13. The van der Waals surface area contributed by atoms with E-state index in [0.29, 0.717) is 0 Å². The number of furan rings is 1. The molecule has 0 aliphatic rings. The molecule has 102 valence electrons. The third-order valence-corrected chi connectivity index (χ3v) is 3.09. The van der Waals surface area contributed by atoms with Gasteiger partial charge in [0, 0.05) is 0 Å². The molecule has 0 aliphatic heterocycles. The van der Waals surface area contributed by atoms with Gasteiger partial charge in [-0.2, -0.15) is 0 Å². The van der Waals surface area contributed by atoms with Crippen LogP contribution in [-0.2, 0) is 0 Å². The molecule has 3 nitrogen and oxygen atoms in total. The second-order valence-corrected chi connectivity index (χ2v) is 4.97. The monoisotopic (exact) mass is 258 g/mol. The van der Waals surface area contributed by atoms with Crippen molar-refractivity contribution in [1.29, 1.82) is 0 Å². The first-order chi connectivity index (χ1) is 9.27. The summed E-state index contributed by atoms with van der Waals surface area (Å²) in [6, 6.07) is 14.5. The van der Waals surface area contributed by atoms with Crippen LogP contribution in [0.15, 0.2) is 53.1 Å². The fraction of sp³-hybridized carbons (Fsp3) is 0.375. The van der Waals surface area contributed by atoms with Crippen LogP contribution in [0.25, 0.3) is 0 Å². The minimum atomic E-state index is 0.137. The van der Waals surface area contributed by atoms with Crippen molar-refractivity contribution in [3.05, 3.63) is 60.1 Å². The van der Waals surface area contributed by atoms with E-state index in [-0.39, 0.29) is 6.04 Å². The first kappa shape index (κ1) is 13.8. The highest BCUT2D eigenvalue weighted by Crippen LogP contribution is 2.22. The van der Waals surface area contributed by atoms with E-state index in [2.05, 4.69) is 48.6 Å². The van der Waals surface area contributed by atoms with Crippen molar-refractivity contribution in [2.45, 2.75) is 12.5 Å². The van der Waals surface area contributed by atoms with Crippen molar-refractivity contribution in [3.63, 3.8) is 0 Å². The highest BCUT2D eigenvalue weighted by Gasteiger charge is 2.15. The standard InChI is InChI=1S/C16H22N2O/c1-18(2)12-7-11-17-16(15-10-6-13-19-15)14-8-4-3-5-9-14/h3-6,8-10,13,16-17H,7,11-12H2,1-2H3. The van der Waals surface area contributed by atoms with Crippen LogP contribution in [0.5, 0.6) is 0 Å². The Labute approximate surface area is 115 Å². The molecule has 0 fully saturated rings. The van der Waals surface area contributed by atoms with Crippen LogP contribution >= 0.6 is 0 Å². The number of hydrogen-bond donors (Lipinski definition) is 1. The number of rotatable bonds is 7. The zero-order valence-corrected chi connectivity index (χ0v) is 11.7. The lowest BCUT2D eigenvalue weighted by Crippen LogP contribution is -2.26. The molecular formula is C16H22N2O. The van der Waals surface area contributed by atoms with E-state index >= 15 is 0 Å². The highest BCUT2D eigenvalue weighted by molar-refractivity contribution is 5.26. The van der Waals surface area contributed by atoms with Gasteiger partial charge in [0.25, 0.3) is 0 Å². The maximum absolute atomic E-state index is 5.56.